The molecule has 2 aromatic carbocycles. The first-order chi connectivity index (χ1) is 13.6. The van der Waals surface area contributed by atoms with E-state index < -0.39 is 0 Å². The molecule has 0 saturated carbocycles. The number of piperazine rings is 1. The van der Waals surface area contributed by atoms with Crippen molar-refractivity contribution >= 4 is 29.2 Å². The largest absolute Gasteiger partial charge is 0.492 e. The molecule has 1 aliphatic heterocycles. The molecule has 1 aliphatic rings. The van der Waals surface area contributed by atoms with Crippen molar-refractivity contribution in [2.45, 2.75) is 13.3 Å². The minimum Gasteiger partial charge on any atom is -0.492 e. The Kier molecular flexibility index (Phi) is 6.76. The number of urea groups is 1. The number of carbonyl (C=O) groups is 2. The molecule has 1 heterocycles. The number of amides is 3. The number of ether oxygens (including phenoxy) is 1. The van der Waals surface area contributed by atoms with E-state index in [1.807, 2.05) is 25.1 Å². The summed E-state index contributed by atoms with van der Waals surface area (Å²) in [4.78, 5) is 28.5. The summed E-state index contributed by atoms with van der Waals surface area (Å²) in [6.07, 6.45) is 0.896. The Hall–Kier alpha value is -2.73. The van der Waals surface area contributed by atoms with Gasteiger partial charge in [-0.1, -0.05) is 36.7 Å². The molecule has 0 aromatic heterocycles. The molecule has 1 N–H and O–H groups in total. The third-order valence-electron chi connectivity index (χ3n) is 4.52. The number of hydrogen-bond donors (Lipinski definition) is 1. The van der Waals surface area contributed by atoms with Crippen molar-refractivity contribution in [3.63, 3.8) is 0 Å². The van der Waals surface area contributed by atoms with Crippen LogP contribution in [0.1, 0.15) is 23.7 Å². The second kappa shape index (κ2) is 9.46. The van der Waals surface area contributed by atoms with Gasteiger partial charge in [-0.15, -0.1) is 0 Å². The molecular formula is C21H24ClN3O3. The lowest BCUT2D eigenvalue weighted by Crippen LogP contribution is -2.51. The first kappa shape index (κ1) is 20.0. The monoisotopic (exact) mass is 401 g/mol. The maximum absolute atomic E-state index is 12.5. The highest BCUT2D eigenvalue weighted by Gasteiger charge is 2.24. The molecule has 0 radical (unpaired) electrons. The summed E-state index contributed by atoms with van der Waals surface area (Å²) in [6, 6.07) is 14.2. The molecular weight excluding hydrogens is 378 g/mol. The standard InChI is InChI=1S/C21H24ClN3O3/c1-2-14-28-19-9-8-17(15-18(19)22)23-21(27)25-12-10-24(11-13-25)20(26)16-6-4-3-5-7-16/h3-9,15H,2,10-14H2,1H3,(H,23,27). The Morgan fingerprint density at radius 2 is 1.71 bits per heavy atom. The van der Waals surface area contributed by atoms with E-state index in [0.717, 1.165) is 6.42 Å². The van der Waals surface area contributed by atoms with Gasteiger partial charge in [0.25, 0.3) is 5.91 Å². The van der Waals surface area contributed by atoms with E-state index in [-0.39, 0.29) is 11.9 Å². The van der Waals surface area contributed by atoms with Crippen LogP contribution in [0.3, 0.4) is 0 Å². The molecule has 7 heteroatoms. The van der Waals surface area contributed by atoms with Gasteiger partial charge in [0.2, 0.25) is 0 Å². The normalized spacial score (nSPS) is 13.9. The molecule has 0 unspecified atom stereocenters. The van der Waals surface area contributed by atoms with Gasteiger partial charge in [-0.3, -0.25) is 4.79 Å². The molecule has 1 saturated heterocycles. The fourth-order valence-corrected chi connectivity index (χ4v) is 3.22. The predicted octanol–water partition coefficient (Wildman–Crippen LogP) is 4.12. The fourth-order valence-electron chi connectivity index (χ4n) is 2.99. The summed E-state index contributed by atoms with van der Waals surface area (Å²) in [6.45, 7) is 4.59. The van der Waals surface area contributed by atoms with Crippen molar-refractivity contribution < 1.29 is 14.3 Å². The maximum Gasteiger partial charge on any atom is 0.321 e. The Balaban J connectivity index is 1.53. The number of nitrogens with zero attached hydrogens (tertiary/aromatic N) is 2. The van der Waals surface area contributed by atoms with Crippen LogP contribution in [0.15, 0.2) is 48.5 Å². The van der Waals surface area contributed by atoms with Crippen LogP contribution in [0.2, 0.25) is 5.02 Å². The average Bonchev–Trinajstić information content (AvgIpc) is 2.73. The van der Waals surface area contributed by atoms with Crippen molar-refractivity contribution in [3.8, 4) is 5.75 Å². The van der Waals surface area contributed by atoms with Crippen LogP contribution >= 0.6 is 11.6 Å². The van der Waals surface area contributed by atoms with Crippen LogP contribution in [0.5, 0.6) is 5.75 Å². The van der Waals surface area contributed by atoms with E-state index in [0.29, 0.717) is 54.8 Å². The number of hydrogen-bond acceptors (Lipinski definition) is 3. The minimum atomic E-state index is -0.204. The molecule has 2 aromatic rings. The Morgan fingerprint density at radius 1 is 1.04 bits per heavy atom. The second-order valence-electron chi connectivity index (χ2n) is 6.57. The Labute approximate surface area is 170 Å². The lowest BCUT2D eigenvalue weighted by molar-refractivity contribution is 0.0671. The van der Waals surface area contributed by atoms with Gasteiger partial charge in [0.15, 0.2) is 0 Å². The van der Waals surface area contributed by atoms with E-state index in [9.17, 15) is 9.59 Å². The Morgan fingerprint density at radius 3 is 2.36 bits per heavy atom. The van der Waals surface area contributed by atoms with Crippen LogP contribution in [0.25, 0.3) is 0 Å². The molecule has 3 rings (SSSR count). The average molecular weight is 402 g/mol. The summed E-state index contributed by atoms with van der Waals surface area (Å²) in [5.74, 6) is 0.602. The molecule has 0 aliphatic carbocycles. The van der Waals surface area contributed by atoms with Gasteiger partial charge in [-0.05, 0) is 36.8 Å². The van der Waals surface area contributed by atoms with Crippen LogP contribution in [0, 0.1) is 0 Å². The number of rotatable bonds is 5. The third-order valence-corrected chi connectivity index (χ3v) is 4.82. The van der Waals surface area contributed by atoms with Crippen LogP contribution < -0.4 is 10.1 Å². The number of benzene rings is 2. The highest BCUT2D eigenvalue weighted by Crippen LogP contribution is 2.28. The zero-order chi connectivity index (χ0) is 19.9. The topological polar surface area (TPSA) is 61.9 Å². The molecule has 3 amide bonds. The lowest BCUT2D eigenvalue weighted by Gasteiger charge is -2.34. The highest BCUT2D eigenvalue weighted by atomic mass is 35.5. The number of halogens is 1. The smallest absolute Gasteiger partial charge is 0.321 e. The van der Waals surface area contributed by atoms with Crippen molar-refractivity contribution in [1.82, 2.24) is 9.80 Å². The van der Waals surface area contributed by atoms with Crippen molar-refractivity contribution in [2.75, 3.05) is 38.1 Å². The summed E-state index contributed by atoms with van der Waals surface area (Å²) in [7, 11) is 0. The predicted molar refractivity (Wildman–Crippen MR) is 110 cm³/mol. The zero-order valence-electron chi connectivity index (χ0n) is 15.9. The quantitative estimate of drug-likeness (QED) is 0.819. The van der Waals surface area contributed by atoms with E-state index in [1.54, 1.807) is 40.1 Å². The zero-order valence-corrected chi connectivity index (χ0v) is 16.6. The SMILES string of the molecule is CCCOc1ccc(NC(=O)N2CCN(C(=O)c3ccccc3)CC2)cc1Cl. The first-order valence-electron chi connectivity index (χ1n) is 9.41. The molecule has 0 atom stereocenters. The number of nitrogens with one attached hydrogen (secondary N) is 1. The van der Waals surface area contributed by atoms with Crippen LogP contribution in [0.4, 0.5) is 10.5 Å². The van der Waals surface area contributed by atoms with E-state index in [4.69, 9.17) is 16.3 Å². The second-order valence-corrected chi connectivity index (χ2v) is 6.98. The van der Waals surface area contributed by atoms with Gasteiger partial charge in [0.05, 0.1) is 11.6 Å². The molecule has 1 fully saturated rings. The van der Waals surface area contributed by atoms with E-state index in [2.05, 4.69) is 5.32 Å². The minimum absolute atomic E-state index is 0.00453. The molecule has 0 spiro atoms. The molecule has 6 nitrogen and oxygen atoms in total. The fraction of sp³-hybridized carbons (Fsp3) is 0.333. The lowest BCUT2D eigenvalue weighted by atomic mass is 10.2. The van der Waals surface area contributed by atoms with Crippen LogP contribution in [-0.2, 0) is 0 Å². The van der Waals surface area contributed by atoms with Gasteiger partial charge in [-0.2, -0.15) is 0 Å². The van der Waals surface area contributed by atoms with E-state index in [1.165, 1.54) is 0 Å². The first-order valence-corrected chi connectivity index (χ1v) is 9.79. The van der Waals surface area contributed by atoms with Crippen molar-refractivity contribution in [1.29, 1.82) is 0 Å². The van der Waals surface area contributed by atoms with E-state index >= 15 is 0 Å². The molecule has 148 valence electrons. The number of anilines is 1. The van der Waals surface area contributed by atoms with Gasteiger partial charge in [-0.25, -0.2) is 4.79 Å². The summed E-state index contributed by atoms with van der Waals surface area (Å²) >= 11 is 6.21. The van der Waals surface area contributed by atoms with Crippen molar-refractivity contribution in [3.05, 3.63) is 59.1 Å². The van der Waals surface area contributed by atoms with Crippen molar-refractivity contribution in [2.24, 2.45) is 0 Å². The van der Waals surface area contributed by atoms with Crippen LogP contribution in [-0.4, -0.2) is 54.5 Å². The Bertz CT molecular complexity index is 821. The summed E-state index contributed by atoms with van der Waals surface area (Å²) in [5, 5.41) is 3.32. The van der Waals surface area contributed by atoms with Gasteiger partial charge in [0.1, 0.15) is 5.75 Å². The summed E-state index contributed by atoms with van der Waals surface area (Å²) in [5.41, 5.74) is 1.28. The van der Waals surface area contributed by atoms with Gasteiger partial charge < -0.3 is 19.9 Å². The maximum atomic E-state index is 12.5. The molecule has 28 heavy (non-hydrogen) atoms. The third kappa shape index (κ3) is 4.95. The number of carbonyl (C=O) groups excluding carboxylic acids is 2. The summed E-state index contributed by atoms with van der Waals surface area (Å²) < 4.78 is 5.54. The highest BCUT2D eigenvalue weighted by molar-refractivity contribution is 6.32. The van der Waals surface area contributed by atoms with Gasteiger partial charge in [0, 0.05) is 37.4 Å². The van der Waals surface area contributed by atoms with Gasteiger partial charge >= 0.3 is 6.03 Å². The molecule has 0 bridgehead atoms.